The van der Waals surface area contributed by atoms with Crippen molar-refractivity contribution in [1.82, 2.24) is 15.3 Å². The highest BCUT2D eigenvalue weighted by Crippen LogP contribution is 2.07. The Balaban J connectivity index is 2.65. The minimum atomic E-state index is -0.134. The number of carbonyl (C=O) groups excluding carboxylic acids is 1. The molecule has 2 N–H and O–H groups in total. The molecule has 0 unspecified atom stereocenters. The first-order chi connectivity index (χ1) is 9.02. The number of nitrogens with zero attached hydrogens (tertiary/aromatic N) is 2. The van der Waals surface area contributed by atoms with E-state index in [9.17, 15) is 4.79 Å². The Bertz CT molecular complexity index is 418. The third-order valence-electron chi connectivity index (χ3n) is 2.63. The van der Waals surface area contributed by atoms with E-state index in [-0.39, 0.29) is 5.91 Å². The molecule has 0 saturated carbocycles. The third-order valence-corrected chi connectivity index (χ3v) is 2.63. The van der Waals surface area contributed by atoms with E-state index in [0.717, 1.165) is 19.4 Å². The first-order valence-electron chi connectivity index (χ1n) is 6.90. The minimum Gasteiger partial charge on any atom is -0.370 e. The number of carbonyl (C=O) groups is 1. The summed E-state index contributed by atoms with van der Waals surface area (Å²) >= 11 is 0. The van der Waals surface area contributed by atoms with E-state index >= 15 is 0 Å². The van der Waals surface area contributed by atoms with Crippen molar-refractivity contribution in [3.8, 4) is 0 Å². The van der Waals surface area contributed by atoms with Gasteiger partial charge in [-0.25, -0.2) is 9.97 Å². The van der Waals surface area contributed by atoms with E-state index in [0.29, 0.717) is 29.8 Å². The van der Waals surface area contributed by atoms with Crippen LogP contribution in [-0.4, -0.2) is 29.0 Å². The van der Waals surface area contributed by atoms with Crippen LogP contribution in [-0.2, 0) is 0 Å². The molecule has 0 aliphatic heterocycles. The summed E-state index contributed by atoms with van der Waals surface area (Å²) in [6, 6.07) is 1.70. The largest absolute Gasteiger partial charge is 0.370 e. The fraction of sp³-hybridized carbons (Fsp3) is 0.643. The predicted octanol–water partition coefficient (Wildman–Crippen LogP) is 2.38. The van der Waals surface area contributed by atoms with Crippen LogP contribution in [0.15, 0.2) is 6.07 Å². The molecule has 0 radical (unpaired) electrons. The zero-order valence-corrected chi connectivity index (χ0v) is 12.3. The summed E-state index contributed by atoms with van der Waals surface area (Å²) in [5.74, 6) is 1.76. The molecule has 0 aromatic carbocycles. The van der Waals surface area contributed by atoms with Gasteiger partial charge in [0.25, 0.3) is 5.91 Å². The van der Waals surface area contributed by atoms with Crippen molar-refractivity contribution in [1.29, 1.82) is 0 Å². The molecule has 0 aliphatic carbocycles. The van der Waals surface area contributed by atoms with Gasteiger partial charge >= 0.3 is 0 Å². The van der Waals surface area contributed by atoms with Crippen LogP contribution in [0.5, 0.6) is 0 Å². The highest BCUT2D eigenvalue weighted by Gasteiger charge is 2.10. The highest BCUT2D eigenvalue weighted by atomic mass is 16.1. The van der Waals surface area contributed by atoms with Crippen LogP contribution in [0.2, 0.25) is 0 Å². The lowest BCUT2D eigenvalue weighted by Gasteiger charge is -2.09. The first kappa shape index (κ1) is 15.4. The predicted molar refractivity (Wildman–Crippen MR) is 77.3 cm³/mol. The SMILES string of the molecule is CCCNc1cc(C(=O)NCCC(C)C)nc(C)n1. The maximum Gasteiger partial charge on any atom is 0.270 e. The van der Waals surface area contributed by atoms with Crippen molar-refractivity contribution in [3.63, 3.8) is 0 Å². The van der Waals surface area contributed by atoms with Gasteiger partial charge in [-0.05, 0) is 25.7 Å². The summed E-state index contributed by atoms with van der Waals surface area (Å²) in [6.07, 6.45) is 1.98. The smallest absolute Gasteiger partial charge is 0.270 e. The molecule has 1 aromatic heterocycles. The maximum absolute atomic E-state index is 12.0. The van der Waals surface area contributed by atoms with Crippen molar-refractivity contribution in [2.75, 3.05) is 18.4 Å². The fourth-order valence-electron chi connectivity index (χ4n) is 1.59. The van der Waals surface area contributed by atoms with Crippen LogP contribution in [0.4, 0.5) is 5.82 Å². The zero-order valence-electron chi connectivity index (χ0n) is 12.3. The Labute approximate surface area is 115 Å². The summed E-state index contributed by atoms with van der Waals surface area (Å²) < 4.78 is 0. The Hall–Kier alpha value is -1.65. The number of amides is 1. The number of anilines is 1. The summed E-state index contributed by atoms with van der Waals surface area (Å²) in [7, 11) is 0. The van der Waals surface area contributed by atoms with Crippen LogP contribution in [0.3, 0.4) is 0 Å². The number of hydrogen-bond donors (Lipinski definition) is 2. The first-order valence-corrected chi connectivity index (χ1v) is 6.90. The summed E-state index contributed by atoms with van der Waals surface area (Å²) in [6.45, 7) is 9.66. The molecular formula is C14H24N4O. The molecule has 1 amide bonds. The minimum absolute atomic E-state index is 0.134. The maximum atomic E-state index is 12.0. The van der Waals surface area contributed by atoms with Gasteiger partial charge in [-0.1, -0.05) is 20.8 Å². The van der Waals surface area contributed by atoms with Crippen LogP contribution in [0.1, 0.15) is 49.9 Å². The summed E-state index contributed by atoms with van der Waals surface area (Å²) in [4.78, 5) is 20.4. The van der Waals surface area contributed by atoms with Crippen LogP contribution in [0, 0.1) is 12.8 Å². The molecule has 0 aliphatic rings. The highest BCUT2D eigenvalue weighted by molar-refractivity contribution is 5.92. The number of aromatic nitrogens is 2. The van der Waals surface area contributed by atoms with E-state index in [1.54, 1.807) is 13.0 Å². The average Bonchev–Trinajstić information content (AvgIpc) is 2.35. The molecular weight excluding hydrogens is 240 g/mol. The summed E-state index contributed by atoms with van der Waals surface area (Å²) in [5.41, 5.74) is 0.426. The summed E-state index contributed by atoms with van der Waals surface area (Å²) in [5, 5.41) is 6.06. The van der Waals surface area contributed by atoms with Crippen molar-refractivity contribution in [2.45, 2.75) is 40.5 Å². The number of hydrogen-bond acceptors (Lipinski definition) is 4. The van der Waals surface area contributed by atoms with Gasteiger partial charge in [0.15, 0.2) is 0 Å². The van der Waals surface area contributed by atoms with E-state index < -0.39 is 0 Å². The standard InChI is InChI=1S/C14H24N4O/c1-5-7-15-13-9-12(17-11(4)18-13)14(19)16-8-6-10(2)3/h9-10H,5-8H2,1-4H3,(H,16,19)(H,15,17,18). The number of aryl methyl sites for hydroxylation is 1. The molecule has 0 saturated heterocycles. The topological polar surface area (TPSA) is 66.9 Å². The van der Waals surface area contributed by atoms with Gasteiger partial charge in [0.2, 0.25) is 0 Å². The Morgan fingerprint density at radius 1 is 1.32 bits per heavy atom. The van der Waals surface area contributed by atoms with Gasteiger partial charge in [-0.2, -0.15) is 0 Å². The molecule has 0 fully saturated rings. The van der Waals surface area contributed by atoms with Gasteiger partial charge in [-0.15, -0.1) is 0 Å². The number of rotatable bonds is 7. The molecule has 106 valence electrons. The Morgan fingerprint density at radius 3 is 2.68 bits per heavy atom. The molecule has 19 heavy (non-hydrogen) atoms. The Kier molecular flexibility index (Phi) is 6.25. The van der Waals surface area contributed by atoms with Crippen LogP contribution < -0.4 is 10.6 Å². The van der Waals surface area contributed by atoms with Gasteiger partial charge in [0.05, 0.1) is 0 Å². The molecule has 5 heteroatoms. The van der Waals surface area contributed by atoms with E-state index in [4.69, 9.17) is 0 Å². The van der Waals surface area contributed by atoms with Gasteiger partial charge in [0.1, 0.15) is 17.3 Å². The molecule has 1 heterocycles. The Morgan fingerprint density at radius 2 is 2.05 bits per heavy atom. The van der Waals surface area contributed by atoms with Crippen molar-refractivity contribution in [2.24, 2.45) is 5.92 Å². The van der Waals surface area contributed by atoms with Gasteiger partial charge in [0, 0.05) is 19.2 Å². The second kappa shape index (κ2) is 7.71. The van der Waals surface area contributed by atoms with Crippen molar-refractivity contribution >= 4 is 11.7 Å². The monoisotopic (exact) mass is 264 g/mol. The van der Waals surface area contributed by atoms with E-state index in [1.807, 2.05) is 0 Å². The lowest BCUT2D eigenvalue weighted by Crippen LogP contribution is -2.26. The quantitative estimate of drug-likeness (QED) is 0.793. The van der Waals surface area contributed by atoms with Gasteiger partial charge < -0.3 is 10.6 Å². The molecule has 1 rings (SSSR count). The third kappa shape index (κ3) is 5.68. The van der Waals surface area contributed by atoms with Crippen LogP contribution >= 0.6 is 0 Å². The van der Waals surface area contributed by atoms with E-state index in [2.05, 4.69) is 41.4 Å². The molecule has 1 aromatic rings. The number of nitrogens with one attached hydrogen (secondary N) is 2. The normalized spacial score (nSPS) is 10.6. The van der Waals surface area contributed by atoms with Crippen molar-refractivity contribution < 1.29 is 4.79 Å². The van der Waals surface area contributed by atoms with E-state index in [1.165, 1.54) is 0 Å². The molecule has 5 nitrogen and oxygen atoms in total. The lowest BCUT2D eigenvalue weighted by molar-refractivity contribution is 0.0946. The fourth-order valence-corrected chi connectivity index (χ4v) is 1.59. The second-order valence-electron chi connectivity index (χ2n) is 5.05. The lowest BCUT2D eigenvalue weighted by atomic mass is 10.1. The second-order valence-corrected chi connectivity index (χ2v) is 5.05. The average molecular weight is 264 g/mol. The molecule has 0 spiro atoms. The van der Waals surface area contributed by atoms with Crippen molar-refractivity contribution in [3.05, 3.63) is 17.6 Å². The van der Waals surface area contributed by atoms with Gasteiger partial charge in [-0.3, -0.25) is 4.79 Å². The molecule has 0 bridgehead atoms. The van der Waals surface area contributed by atoms with Crippen LogP contribution in [0.25, 0.3) is 0 Å². The molecule has 0 atom stereocenters. The zero-order chi connectivity index (χ0) is 14.3.